The number of rotatable bonds is 8. The maximum absolute atomic E-state index is 12.7. The van der Waals surface area contributed by atoms with E-state index >= 15 is 0 Å². The number of para-hydroxylation sites is 1. The zero-order valence-corrected chi connectivity index (χ0v) is 17.9. The number of carbonyl (C=O) groups is 1. The first kappa shape index (κ1) is 21.1. The second-order valence-corrected chi connectivity index (χ2v) is 7.71. The third-order valence-corrected chi connectivity index (χ3v) is 5.46. The summed E-state index contributed by atoms with van der Waals surface area (Å²) in [5, 5.41) is 4.03. The molecule has 1 aliphatic heterocycles. The second kappa shape index (κ2) is 10.2. The van der Waals surface area contributed by atoms with Crippen LogP contribution >= 0.6 is 0 Å². The number of hydrogen-bond acceptors (Lipinski definition) is 6. The van der Waals surface area contributed by atoms with Crippen LogP contribution < -0.4 is 4.90 Å². The highest BCUT2D eigenvalue weighted by Crippen LogP contribution is 2.23. The molecule has 1 fully saturated rings. The van der Waals surface area contributed by atoms with Gasteiger partial charge in [0.05, 0.1) is 13.2 Å². The largest absolute Gasteiger partial charge is 0.378 e. The van der Waals surface area contributed by atoms with E-state index in [0.717, 1.165) is 37.4 Å². The minimum Gasteiger partial charge on any atom is -0.378 e. The highest BCUT2D eigenvalue weighted by Gasteiger charge is 2.17. The van der Waals surface area contributed by atoms with Crippen LogP contribution in [0.25, 0.3) is 11.4 Å². The molecule has 7 heteroatoms. The Morgan fingerprint density at radius 3 is 2.61 bits per heavy atom. The van der Waals surface area contributed by atoms with Crippen LogP contribution in [0.3, 0.4) is 0 Å². The van der Waals surface area contributed by atoms with Crippen molar-refractivity contribution in [3.63, 3.8) is 0 Å². The molecule has 0 spiro atoms. The van der Waals surface area contributed by atoms with Crippen LogP contribution in [0.15, 0.2) is 59.1 Å². The maximum Gasteiger partial charge on any atom is 0.226 e. The number of carbonyl (C=O) groups excluding carboxylic acids is 1. The van der Waals surface area contributed by atoms with Gasteiger partial charge in [0.25, 0.3) is 0 Å². The smallest absolute Gasteiger partial charge is 0.226 e. The van der Waals surface area contributed by atoms with E-state index < -0.39 is 0 Å². The van der Waals surface area contributed by atoms with E-state index in [-0.39, 0.29) is 5.91 Å². The van der Waals surface area contributed by atoms with Gasteiger partial charge in [-0.15, -0.1) is 0 Å². The molecular weight excluding hydrogens is 392 g/mol. The summed E-state index contributed by atoms with van der Waals surface area (Å²) in [7, 11) is 1.86. The summed E-state index contributed by atoms with van der Waals surface area (Å²) in [5.74, 6) is 1.25. The first-order valence-corrected chi connectivity index (χ1v) is 10.7. The molecule has 3 aromatic rings. The van der Waals surface area contributed by atoms with Crippen LogP contribution in [0.4, 0.5) is 5.69 Å². The number of morpholine rings is 1. The molecular formula is C24H28N4O3. The lowest BCUT2D eigenvalue weighted by Gasteiger charge is -2.31. The molecule has 0 N–H and O–H groups in total. The molecule has 1 saturated heterocycles. The molecule has 1 aromatic heterocycles. The Hall–Kier alpha value is -3.19. The molecule has 4 rings (SSSR count). The summed E-state index contributed by atoms with van der Waals surface area (Å²) in [6.45, 7) is 3.83. The number of anilines is 1. The third kappa shape index (κ3) is 5.49. The fourth-order valence-corrected chi connectivity index (χ4v) is 3.74. The van der Waals surface area contributed by atoms with E-state index in [1.165, 1.54) is 5.69 Å². The highest BCUT2D eigenvalue weighted by atomic mass is 16.5. The number of hydrogen-bond donors (Lipinski definition) is 0. The van der Waals surface area contributed by atoms with Crippen molar-refractivity contribution in [2.24, 2.45) is 0 Å². The summed E-state index contributed by atoms with van der Waals surface area (Å²) >= 11 is 0. The lowest BCUT2D eigenvalue weighted by Crippen LogP contribution is -2.37. The Morgan fingerprint density at radius 1 is 1.06 bits per heavy atom. The summed E-state index contributed by atoms with van der Waals surface area (Å²) in [6.07, 6.45) is 1.70. The number of amides is 1. The Labute approximate surface area is 182 Å². The van der Waals surface area contributed by atoms with Crippen molar-refractivity contribution < 1.29 is 14.1 Å². The fraction of sp³-hybridized carbons (Fsp3) is 0.375. The van der Waals surface area contributed by atoms with Gasteiger partial charge in [-0.05, 0) is 18.1 Å². The number of ether oxygens (including phenoxy) is 1. The quantitative estimate of drug-likeness (QED) is 0.555. The van der Waals surface area contributed by atoms with Crippen LogP contribution in [0.1, 0.15) is 24.3 Å². The maximum atomic E-state index is 12.7. The first-order valence-electron chi connectivity index (χ1n) is 10.7. The predicted octanol–water partition coefficient (Wildman–Crippen LogP) is 3.55. The Bertz CT molecular complexity index is 983. The van der Waals surface area contributed by atoms with Crippen LogP contribution in [-0.4, -0.2) is 54.3 Å². The lowest BCUT2D eigenvalue weighted by atomic mass is 10.1. The molecule has 2 heterocycles. The van der Waals surface area contributed by atoms with Gasteiger partial charge in [-0.3, -0.25) is 4.79 Å². The van der Waals surface area contributed by atoms with Crippen LogP contribution in [-0.2, 0) is 22.5 Å². The number of aromatic nitrogens is 2. The Kier molecular flexibility index (Phi) is 6.94. The van der Waals surface area contributed by atoms with Crippen molar-refractivity contribution in [2.45, 2.75) is 25.8 Å². The van der Waals surface area contributed by atoms with Gasteiger partial charge < -0.3 is 19.1 Å². The van der Waals surface area contributed by atoms with Crippen molar-refractivity contribution >= 4 is 11.6 Å². The van der Waals surface area contributed by atoms with E-state index in [2.05, 4.69) is 27.2 Å². The molecule has 0 saturated carbocycles. The zero-order valence-electron chi connectivity index (χ0n) is 17.9. The number of benzene rings is 2. The van der Waals surface area contributed by atoms with Crippen molar-refractivity contribution in [3.8, 4) is 11.4 Å². The molecule has 1 aliphatic rings. The Morgan fingerprint density at radius 2 is 1.81 bits per heavy atom. The van der Waals surface area contributed by atoms with Gasteiger partial charge in [-0.25, -0.2) is 0 Å². The molecule has 31 heavy (non-hydrogen) atoms. The molecule has 0 aliphatic carbocycles. The summed E-state index contributed by atoms with van der Waals surface area (Å²) in [6, 6.07) is 18.0. The zero-order chi connectivity index (χ0) is 21.5. The molecule has 0 unspecified atom stereocenters. The van der Waals surface area contributed by atoms with Gasteiger partial charge in [0.2, 0.25) is 17.6 Å². The molecule has 1 amide bonds. The van der Waals surface area contributed by atoms with Crippen molar-refractivity contribution in [3.05, 3.63) is 66.1 Å². The number of nitrogens with zero attached hydrogens (tertiary/aromatic N) is 4. The molecule has 7 nitrogen and oxygen atoms in total. The Balaban J connectivity index is 1.28. The van der Waals surface area contributed by atoms with E-state index in [1.54, 1.807) is 4.90 Å². The highest BCUT2D eigenvalue weighted by molar-refractivity contribution is 5.76. The molecule has 162 valence electrons. The topological polar surface area (TPSA) is 71.7 Å². The van der Waals surface area contributed by atoms with Crippen molar-refractivity contribution in [1.82, 2.24) is 15.0 Å². The monoisotopic (exact) mass is 420 g/mol. The SMILES string of the molecule is CN(Cc1ccccc1N1CCOCC1)C(=O)CCCc1nc(-c2ccccc2)no1. The van der Waals surface area contributed by atoms with Crippen LogP contribution in [0.5, 0.6) is 0 Å². The molecule has 0 bridgehead atoms. The summed E-state index contributed by atoms with van der Waals surface area (Å²) in [5.41, 5.74) is 3.27. The van der Waals surface area contributed by atoms with Gasteiger partial charge in [0.1, 0.15) is 0 Å². The van der Waals surface area contributed by atoms with Gasteiger partial charge in [-0.2, -0.15) is 4.98 Å². The molecule has 2 aromatic carbocycles. The fourth-order valence-electron chi connectivity index (χ4n) is 3.74. The van der Waals surface area contributed by atoms with E-state index in [4.69, 9.17) is 9.26 Å². The minimum atomic E-state index is 0.111. The first-order chi connectivity index (χ1) is 15.2. The van der Waals surface area contributed by atoms with Crippen molar-refractivity contribution in [1.29, 1.82) is 0 Å². The van der Waals surface area contributed by atoms with Gasteiger partial charge in [-0.1, -0.05) is 53.7 Å². The van der Waals surface area contributed by atoms with E-state index in [1.807, 2.05) is 49.5 Å². The molecule has 0 atom stereocenters. The van der Waals surface area contributed by atoms with Crippen LogP contribution in [0, 0.1) is 0 Å². The predicted molar refractivity (Wildman–Crippen MR) is 119 cm³/mol. The standard InChI is InChI=1S/C24H28N4O3/c1-27(18-20-10-5-6-11-21(20)28-14-16-30-17-15-28)23(29)13-7-12-22-25-24(26-31-22)19-8-3-2-4-9-19/h2-6,8-11H,7,12-18H2,1H3. The average molecular weight is 421 g/mol. The normalized spacial score (nSPS) is 13.9. The summed E-state index contributed by atoms with van der Waals surface area (Å²) < 4.78 is 10.8. The molecule has 0 radical (unpaired) electrons. The van der Waals surface area contributed by atoms with Gasteiger partial charge in [0, 0.05) is 50.8 Å². The van der Waals surface area contributed by atoms with Crippen LogP contribution in [0.2, 0.25) is 0 Å². The second-order valence-electron chi connectivity index (χ2n) is 7.71. The van der Waals surface area contributed by atoms with E-state index in [9.17, 15) is 4.79 Å². The average Bonchev–Trinajstić information content (AvgIpc) is 3.29. The lowest BCUT2D eigenvalue weighted by molar-refractivity contribution is -0.130. The minimum absolute atomic E-state index is 0.111. The number of aryl methyl sites for hydroxylation is 1. The van der Waals surface area contributed by atoms with Gasteiger partial charge >= 0.3 is 0 Å². The van der Waals surface area contributed by atoms with Crippen molar-refractivity contribution in [2.75, 3.05) is 38.3 Å². The summed E-state index contributed by atoms with van der Waals surface area (Å²) in [4.78, 5) is 21.2. The third-order valence-electron chi connectivity index (χ3n) is 5.46. The van der Waals surface area contributed by atoms with Gasteiger partial charge in [0.15, 0.2) is 0 Å². The van der Waals surface area contributed by atoms with E-state index in [0.29, 0.717) is 37.5 Å².